The van der Waals surface area contributed by atoms with E-state index in [4.69, 9.17) is 9.73 Å². The van der Waals surface area contributed by atoms with E-state index in [1.165, 1.54) is 0 Å². The molecule has 4 aromatic carbocycles. The van der Waals surface area contributed by atoms with Crippen molar-refractivity contribution in [1.82, 2.24) is 0 Å². The standard InChI is InChI=1S/C27H22N2O/c1-30-27-15-9-8-14-24(27)25-18-23(28-19-21-10-4-2-5-11-21)16-17-26(25)29-20-22-12-6-3-7-13-22/h2-20H,1H3. The lowest BCUT2D eigenvalue weighted by Crippen LogP contribution is -1.88. The van der Waals surface area contributed by atoms with Gasteiger partial charge in [-0.1, -0.05) is 78.9 Å². The topological polar surface area (TPSA) is 34.0 Å². The molecule has 0 unspecified atom stereocenters. The van der Waals surface area contributed by atoms with E-state index < -0.39 is 0 Å². The molecule has 0 bridgehead atoms. The highest BCUT2D eigenvalue weighted by molar-refractivity contribution is 5.89. The van der Waals surface area contributed by atoms with Crippen molar-refractivity contribution >= 4 is 23.8 Å². The van der Waals surface area contributed by atoms with Gasteiger partial charge in [0.05, 0.1) is 18.5 Å². The molecular formula is C27H22N2O. The molecule has 0 aliphatic heterocycles. The van der Waals surface area contributed by atoms with Gasteiger partial charge in [0.2, 0.25) is 0 Å². The van der Waals surface area contributed by atoms with E-state index in [2.05, 4.69) is 11.1 Å². The van der Waals surface area contributed by atoms with Gasteiger partial charge in [-0.25, -0.2) is 0 Å². The van der Waals surface area contributed by atoms with Gasteiger partial charge in [-0.3, -0.25) is 9.98 Å². The van der Waals surface area contributed by atoms with Crippen molar-refractivity contribution in [3.8, 4) is 16.9 Å². The minimum Gasteiger partial charge on any atom is -0.496 e. The summed E-state index contributed by atoms with van der Waals surface area (Å²) in [5, 5.41) is 0. The van der Waals surface area contributed by atoms with Crippen LogP contribution in [-0.4, -0.2) is 19.5 Å². The number of hydrogen-bond donors (Lipinski definition) is 0. The summed E-state index contributed by atoms with van der Waals surface area (Å²) in [6, 6.07) is 34.1. The number of aliphatic imine (C=N–C) groups is 2. The molecule has 0 atom stereocenters. The monoisotopic (exact) mass is 390 g/mol. The van der Waals surface area contributed by atoms with Gasteiger partial charge in [-0.2, -0.15) is 0 Å². The van der Waals surface area contributed by atoms with E-state index in [0.29, 0.717) is 0 Å². The molecule has 0 saturated heterocycles. The first-order chi connectivity index (χ1) is 14.8. The van der Waals surface area contributed by atoms with Gasteiger partial charge in [0.15, 0.2) is 0 Å². The number of rotatable bonds is 6. The van der Waals surface area contributed by atoms with Gasteiger partial charge in [0.1, 0.15) is 5.75 Å². The summed E-state index contributed by atoms with van der Waals surface area (Å²) >= 11 is 0. The summed E-state index contributed by atoms with van der Waals surface area (Å²) in [5.74, 6) is 0.804. The summed E-state index contributed by atoms with van der Waals surface area (Å²) in [6.07, 6.45) is 3.75. The quantitative estimate of drug-likeness (QED) is 0.331. The number of para-hydroxylation sites is 1. The highest BCUT2D eigenvalue weighted by Crippen LogP contribution is 2.38. The van der Waals surface area contributed by atoms with Crippen LogP contribution in [0.1, 0.15) is 11.1 Å². The second-order valence-electron chi connectivity index (χ2n) is 6.74. The van der Waals surface area contributed by atoms with Crippen LogP contribution in [0.15, 0.2) is 113 Å². The van der Waals surface area contributed by atoms with E-state index in [-0.39, 0.29) is 0 Å². The Balaban J connectivity index is 1.76. The minimum absolute atomic E-state index is 0.804. The Kier molecular flexibility index (Phi) is 6.11. The molecule has 0 fully saturated rings. The molecule has 0 N–H and O–H groups in total. The van der Waals surface area contributed by atoms with Crippen LogP contribution < -0.4 is 4.74 Å². The highest BCUT2D eigenvalue weighted by atomic mass is 16.5. The molecular weight excluding hydrogens is 368 g/mol. The summed E-state index contributed by atoms with van der Waals surface area (Å²) in [5.41, 5.74) is 5.79. The molecule has 4 rings (SSSR count). The molecule has 0 spiro atoms. The summed E-state index contributed by atoms with van der Waals surface area (Å²) in [4.78, 5) is 9.42. The van der Waals surface area contributed by atoms with Crippen LogP contribution in [0.4, 0.5) is 11.4 Å². The fraction of sp³-hybridized carbons (Fsp3) is 0.0370. The van der Waals surface area contributed by atoms with Crippen LogP contribution in [0, 0.1) is 0 Å². The third kappa shape index (κ3) is 4.70. The van der Waals surface area contributed by atoms with Crippen molar-refractivity contribution < 1.29 is 4.74 Å². The van der Waals surface area contributed by atoms with Crippen molar-refractivity contribution in [2.24, 2.45) is 9.98 Å². The average molecular weight is 390 g/mol. The first kappa shape index (κ1) is 19.3. The molecule has 4 aromatic rings. The molecule has 0 radical (unpaired) electrons. The lowest BCUT2D eigenvalue weighted by Gasteiger charge is -2.11. The Morgan fingerprint density at radius 3 is 1.87 bits per heavy atom. The maximum atomic E-state index is 5.60. The third-order valence-electron chi connectivity index (χ3n) is 4.69. The average Bonchev–Trinajstić information content (AvgIpc) is 2.83. The van der Waals surface area contributed by atoms with E-state index in [1.54, 1.807) is 7.11 Å². The van der Waals surface area contributed by atoms with Gasteiger partial charge < -0.3 is 4.74 Å². The van der Waals surface area contributed by atoms with Crippen molar-refractivity contribution in [3.05, 3.63) is 114 Å². The Labute approximate surface area is 177 Å². The maximum Gasteiger partial charge on any atom is 0.126 e. The first-order valence-electron chi connectivity index (χ1n) is 9.79. The van der Waals surface area contributed by atoms with E-state index in [0.717, 1.165) is 39.4 Å². The molecule has 146 valence electrons. The summed E-state index contributed by atoms with van der Waals surface area (Å²) < 4.78 is 5.60. The highest BCUT2D eigenvalue weighted by Gasteiger charge is 2.10. The predicted octanol–water partition coefficient (Wildman–Crippen LogP) is 6.86. The molecule has 3 nitrogen and oxygen atoms in total. The van der Waals surface area contributed by atoms with Crippen LogP contribution in [0.2, 0.25) is 0 Å². The van der Waals surface area contributed by atoms with Crippen LogP contribution in [0.3, 0.4) is 0 Å². The molecule has 0 saturated carbocycles. The third-order valence-corrected chi connectivity index (χ3v) is 4.69. The number of benzene rings is 4. The molecule has 0 aliphatic carbocycles. The molecule has 0 heterocycles. The van der Waals surface area contributed by atoms with Crippen molar-refractivity contribution in [1.29, 1.82) is 0 Å². The Morgan fingerprint density at radius 1 is 0.600 bits per heavy atom. The van der Waals surface area contributed by atoms with Crippen LogP contribution >= 0.6 is 0 Å². The zero-order valence-corrected chi connectivity index (χ0v) is 16.8. The summed E-state index contributed by atoms with van der Waals surface area (Å²) in [7, 11) is 1.68. The first-order valence-corrected chi connectivity index (χ1v) is 9.79. The molecule has 0 aliphatic rings. The van der Waals surface area contributed by atoms with Crippen LogP contribution in [-0.2, 0) is 0 Å². The molecule has 30 heavy (non-hydrogen) atoms. The second kappa shape index (κ2) is 9.48. The zero-order chi connectivity index (χ0) is 20.6. The number of methoxy groups -OCH3 is 1. The van der Waals surface area contributed by atoms with Crippen LogP contribution in [0.25, 0.3) is 11.1 Å². The Bertz CT molecular complexity index is 1170. The Hall–Kier alpha value is -3.98. The fourth-order valence-electron chi connectivity index (χ4n) is 3.17. The largest absolute Gasteiger partial charge is 0.496 e. The predicted molar refractivity (Wildman–Crippen MR) is 126 cm³/mol. The maximum absolute atomic E-state index is 5.60. The van der Waals surface area contributed by atoms with Gasteiger partial charge in [-0.05, 0) is 35.4 Å². The molecule has 0 amide bonds. The van der Waals surface area contributed by atoms with Crippen molar-refractivity contribution in [3.63, 3.8) is 0 Å². The Morgan fingerprint density at radius 2 is 1.20 bits per heavy atom. The van der Waals surface area contributed by atoms with Gasteiger partial charge in [-0.15, -0.1) is 0 Å². The fourth-order valence-corrected chi connectivity index (χ4v) is 3.17. The lowest BCUT2D eigenvalue weighted by molar-refractivity contribution is 0.416. The lowest BCUT2D eigenvalue weighted by atomic mass is 10.0. The van der Waals surface area contributed by atoms with Crippen LogP contribution in [0.5, 0.6) is 5.75 Å². The summed E-state index contributed by atoms with van der Waals surface area (Å²) in [6.45, 7) is 0. The van der Waals surface area contributed by atoms with Gasteiger partial charge >= 0.3 is 0 Å². The molecule has 0 aromatic heterocycles. The van der Waals surface area contributed by atoms with E-state index in [9.17, 15) is 0 Å². The second-order valence-corrected chi connectivity index (χ2v) is 6.74. The van der Waals surface area contributed by atoms with Crippen molar-refractivity contribution in [2.75, 3.05) is 7.11 Å². The number of nitrogens with zero attached hydrogens (tertiary/aromatic N) is 2. The number of hydrogen-bond acceptors (Lipinski definition) is 3. The molecule has 3 heteroatoms. The van der Waals surface area contributed by atoms with E-state index in [1.807, 2.05) is 109 Å². The van der Waals surface area contributed by atoms with Gasteiger partial charge in [0.25, 0.3) is 0 Å². The smallest absolute Gasteiger partial charge is 0.126 e. The van der Waals surface area contributed by atoms with Crippen molar-refractivity contribution in [2.45, 2.75) is 0 Å². The van der Waals surface area contributed by atoms with Gasteiger partial charge in [0, 0.05) is 23.6 Å². The minimum atomic E-state index is 0.804. The number of ether oxygens (including phenoxy) is 1. The van der Waals surface area contributed by atoms with E-state index >= 15 is 0 Å². The SMILES string of the molecule is COc1ccccc1-c1cc(N=Cc2ccccc2)ccc1N=Cc1ccccc1. The zero-order valence-electron chi connectivity index (χ0n) is 16.8. The normalized spacial score (nSPS) is 11.2.